The Morgan fingerprint density at radius 3 is 2.65 bits per heavy atom. The molecule has 20 heavy (non-hydrogen) atoms. The second-order valence-corrected chi connectivity index (χ2v) is 6.47. The number of nitrogens with one attached hydrogen (secondary N) is 1. The predicted octanol–water partition coefficient (Wildman–Crippen LogP) is 2.46. The van der Waals surface area contributed by atoms with Crippen molar-refractivity contribution in [3.8, 4) is 0 Å². The normalized spacial score (nSPS) is 28.6. The van der Waals surface area contributed by atoms with Gasteiger partial charge in [-0.15, -0.1) is 0 Å². The summed E-state index contributed by atoms with van der Waals surface area (Å²) in [4.78, 5) is 25.5. The van der Waals surface area contributed by atoms with E-state index in [1.807, 2.05) is 11.8 Å². The first kappa shape index (κ1) is 15.1. The SMILES string of the molecule is CCC(C)(CNC(=O)N1CCC2CCCCC21)C(=O)O. The van der Waals surface area contributed by atoms with Crippen LogP contribution < -0.4 is 5.32 Å². The molecule has 1 heterocycles. The molecule has 3 unspecified atom stereocenters. The maximum Gasteiger partial charge on any atom is 0.317 e. The van der Waals surface area contributed by atoms with Gasteiger partial charge < -0.3 is 15.3 Å². The van der Waals surface area contributed by atoms with Crippen molar-refractivity contribution in [3.05, 3.63) is 0 Å². The van der Waals surface area contributed by atoms with Gasteiger partial charge in [-0.1, -0.05) is 19.8 Å². The molecule has 2 rings (SSSR count). The smallest absolute Gasteiger partial charge is 0.317 e. The number of hydrogen-bond acceptors (Lipinski definition) is 2. The molecule has 2 fully saturated rings. The first-order chi connectivity index (χ1) is 9.48. The molecule has 0 radical (unpaired) electrons. The summed E-state index contributed by atoms with van der Waals surface area (Å²) in [7, 11) is 0. The lowest BCUT2D eigenvalue weighted by Crippen LogP contribution is -2.49. The van der Waals surface area contributed by atoms with Crippen molar-refractivity contribution in [2.75, 3.05) is 13.1 Å². The zero-order valence-corrected chi connectivity index (χ0v) is 12.5. The molecule has 0 aromatic heterocycles. The van der Waals surface area contributed by atoms with Gasteiger partial charge in [0, 0.05) is 19.1 Å². The van der Waals surface area contributed by atoms with Gasteiger partial charge in [-0.25, -0.2) is 4.79 Å². The average molecular weight is 282 g/mol. The number of nitrogens with zero attached hydrogens (tertiary/aromatic N) is 1. The van der Waals surface area contributed by atoms with Gasteiger partial charge >= 0.3 is 12.0 Å². The summed E-state index contributed by atoms with van der Waals surface area (Å²) in [6, 6.07) is 0.293. The van der Waals surface area contributed by atoms with E-state index < -0.39 is 11.4 Å². The van der Waals surface area contributed by atoms with Crippen LogP contribution >= 0.6 is 0 Å². The van der Waals surface area contributed by atoms with E-state index in [-0.39, 0.29) is 12.6 Å². The maximum atomic E-state index is 12.3. The number of fused-ring (bicyclic) bond motifs is 1. The van der Waals surface area contributed by atoms with Crippen molar-refractivity contribution < 1.29 is 14.7 Å². The van der Waals surface area contributed by atoms with Crippen LogP contribution in [0.25, 0.3) is 0 Å². The summed E-state index contributed by atoms with van der Waals surface area (Å²) < 4.78 is 0. The molecule has 1 saturated heterocycles. The molecular formula is C15H26N2O3. The Bertz CT molecular complexity index is 385. The fourth-order valence-corrected chi connectivity index (χ4v) is 3.38. The highest BCUT2D eigenvalue weighted by molar-refractivity contribution is 5.78. The third kappa shape index (κ3) is 2.91. The molecule has 2 amide bonds. The maximum absolute atomic E-state index is 12.3. The molecule has 0 aromatic carbocycles. The lowest BCUT2D eigenvalue weighted by Gasteiger charge is -2.32. The van der Waals surface area contributed by atoms with Crippen LogP contribution in [-0.2, 0) is 4.79 Å². The van der Waals surface area contributed by atoms with E-state index in [0.29, 0.717) is 18.4 Å². The number of carboxylic acids is 1. The fraction of sp³-hybridized carbons (Fsp3) is 0.867. The van der Waals surface area contributed by atoms with Crippen LogP contribution in [0, 0.1) is 11.3 Å². The number of amides is 2. The number of carbonyl (C=O) groups is 2. The Hall–Kier alpha value is -1.26. The van der Waals surface area contributed by atoms with Gasteiger partial charge in [0.1, 0.15) is 0 Å². The van der Waals surface area contributed by atoms with Crippen molar-refractivity contribution in [1.82, 2.24) is 10.2 Å². The van der Waals surface area contributed by atoms with E-state index >= 15 is 0 Å². The molecule has 0 aromatic rings. The number of hydrogen-bond donors (Lipinski definition) is 2. The second-order valence-electron chi connectivity index (χ2n) is 6.47. The van der Waals surface area contributed by atoms with Gasteiger partial charge in [-0.2, -0.15) is 0 Å². The highest BCUT2D eigenvalue weighted by atomic mass is 16.4. The molecule has 0 spiro atoms. The van der Waals surface area contributed by atoms with Gasteiger partial charge in [0.05, 0.1) is 5.41 Å². The molecule has 2 N–H and O–H groups in total. The van der Waals surface area contributed by atoms with E-state index in [0.717, 1.165) is 19.4 Å². The van der Waals surface area contributed by atoms with E-state index in [9.17, 15) is 14.7 Å². The van der Waals surface area contributed by atoms with Crippen LogP contribution in [-0.4, -0.2) is 41.1 Å². The molecule has 5 heteroatoms. The fourth-order valence-electron chi connectivity index (χ4n) is 3.38. The first-order valence-corrected chi connectivity index (χ1v) is 7.76. The quantitative estimate of drug-likeness (QED) is 0.832. The lowest BCUT2D eigenvalue weighted by atomic mass is 9.85. The van der Waals surface area contributed by atoms with Crippen molar-refractivity contribution in [3.63, 3.8) is 0 Å². The van der Waals surface area contributed by atoms with E-state index in [2.05, 4.69) is 5.32 Å². The Kier molecular flexibility index (Phi) is 4.55. The number of aliphatic carboxylic acids is 1. The number of carboxylic acid groups (broad SMARTS) is 1. The summed E-state index contributed by atoms with van der Waals surface area (Å²) in [5.74, 6) is -0.191. The molecule has 1 saturated carbocycles. The number of carbonyl (C=O) groups excluding carboxylic acids is 1. The number of likely N-dealkylation sites (tertiary alicyclic amines) is 1. The summed E-state index contributed by atoms with van der Waals surface area (Å²) in [5.41, 5.74) is -0.874. The van der Waals surface area contributed by atoms with E-state index in [1.165, 1.54) is 19.3 Å². The van der Waals surface area contributed by atoms with Crippen molar-refractivity contribution >= 4 is 12.0 Å². The van der Waals surface area contributed by atoms with Crippen molar-refractivity contribution in [2.45, 2.75) is 58.4 Å². The first-order valence-electron chi connectivity index (χ1n) is 7.76. The van der Waals surface area contributed by atoms with Crippen LogP contribution in [0.1, 0.15) is 52.4 Å². The molecule has 0 bridgehead atoms. The third-order valence-electron chi connectivity index (χ3n) is 5.20. The zero-order valence-electron chi connectivity index (χ0n) is 12.5. The average Bonchev–Trinajstić information content (AvgIpc) is 2.88. The number of rotatable bonds is 4. The highest BCUT2D eigenvalue weighted by Crippen LogP contribution is 2.36. The van der Waals surface area contributed by atoms with Gasteiger partial charge in [0.25, 0.3) is 0 Å². The monoisotopic (exact) mass is 282 g/mol. The Morgan fingerprint density at radius 2 is 2.00 bits per heavy atom. The second kappa shape index (κ2) is 6.02. The van der Waals surface area contributed by atoms with Gasteiger partial charge in [-0.05, 0) is 38.5 Å². The molecular weight excluding hydrogens is 256 g/mol. The molecule has 3 atom stereocenters. The Labute approximate surface area is 120 Å². The lowest BCUT2D eigenvalue weighted by molar-refractivity contribution is -0.147. The van der Waals surface area contributed by atoms with Gasteiger partial charge in [-0.3, -0.25) is 4.79 Å². The Balaban J connectivity index is 1.90. The van der Waals surface area contributed by atoms with Crippen LogP contribution in [0.15, 0.2) is 0 Å². The minimum atomic E-state index is -0.874. The largest absolute Gasteiger partial charge is 0.481 e. The minimum absolute atomic E-state index is 0.0830. The summed E-state index contributed by atoms with van der Waals surface area (Å²) >= 11 is 0. The number of urea groups is 1. The molecule has 5 nitrogen and oxygen atoms in total. The zero-order chi connectivity index (χ0) is 14.8. The standard InChI is InChI=1S/C15H26N2O3/c1-3-15(2,13(18)19)10-16-14(20)17-9-8-11-6-4-5-7-12(11)17/h11-12H,3-10H2,1-2H3,(H,16,20)(H,18,19). The molecule has 1 aliphatic heterocycles. The van der Waals surface area contributed by atoms with Crippen LogP contribution in [0.2, 0.25) is 0 Å². The van der Waals surface area contributed by atoms with Gasteiger partial charge in [0.15, 0.2) is 0 Å². The molecule has 114 valence electrons. The van der Waals surface area contributed by atoms with E-state index in [4.69, 9.17) is 0 Å². The summed E-state index contributed by atoms with van der Waals surface area (Å²) in [6.45, 7) is 4.54. The van der Waals surface area contributed by atoms with Crippen molar-refractivity contribution in [2.24, 2.45) is 11.3 Å². The van der Waals surface area contributed by atoms with Crippen LogP contribution in [0.3, 0.4) is 0 Å². The summed E-state index contributed by atoms with van der Waals surface area (Å²) in [5, 5.41) is 12.1. The van der Waals surface area contributed by atoms with E-state index in [1.54, 1.807) is 6.92 Å². The molecule has 2 aliphatic rings. The molecule has 1 aliphatic carbocycles. The van der Waals surface area contributed by atoms with Crippen LogP contribution in [0.5, 0.6) is 0 Å². The van der Waals surface area contributed by atoms with Crippen molar-refractivity contribution in [1.29, 1.82) is 0 Å². The highest BCUT2D eigenvalue weighted by Gasteiger charge is 2.39. The third-order valence-corrected chi connectivity index (χ3v) is 5.20. The minimum Gasteiger partial charge on any atom is -0.481 e. The summed E-state index contributed by atoms with van der Waals surface area (Å²) in [6.07, 6.45) is 6.42. The van der Waals surface area contributed by atoms with Gasteiger partial charge in [0.2, 0.25) is 0 Å². The predicted molar refractivity (Wildman–Crippen MR) is 76.5 cm³/mol. The topological polar surface area (TPSA) is 69.6 Å². The van der Waals surface area contributed by atoms with Crippen LogP contribution in [0.4, 0.5) is 4.79 Å². The Morgan fingerprint density at radius 1 is 1.30 bits per heavy atom.